The zero-order chi connectivity index (χ0) is 17.6. The van der Waals surface area contributed by atoms with Crippen LogP contribution in [0.4, 0.5) is 5.69 Å². The maximum Gasteiger partial charge on any atom is 0.248 e. The number of hydrogen-bond donors (Lipinski definition) is 1. The van der Waals surface area contributed by atoms with Gasteiger partial charge >= 0.3 is 0 Å². The Kier molecular flexibility index (Phi) is 5.79. The average Bonchev–Trinajstić information content (AvgIpc) is 2.64. The van der Waals surface area contributed by atoms with Gasteiger partial charge in [-0.25, -0.2) is 0 Å². The molecule has 5 nitrogen and oxygen atoms in total. The Morgan fingerprint density at radius 3 is 2.24 bits per heavy atom. The molecule has 0 bridgehead atoms. The molecule has 0 aromatic heterocycles. The van der Waals surface area contributed by atoms with Gasteiger partial charge in [0.1, 0.15) is 12.4 Å². The van der Waals surface area contributed by atoms with Crippen molar-refractivity contribution in [1.82, 2.24) is 4.90 Å². The Morgan fingerprint density at radius 1 is 1.00 bits per heavy atom. The number of hydrogen-bond acceptors (Lipinski definition) is 4. The lowest BCUT2D eigenvalue weighted by Gasteiger charge is -2.36. The second-order valence-electron chi connectivity index (χ2n) is 6.04. The van der Waals surface area contributed by atoms with Crippen LogP contribution in [-0.4, -0.2) is 50.1 Å². The second kappa shape index (κ2) is 8.23. The molecule has 132 valence electrons. The summed E-state index contributed by atoms with van der Waals surface area (Å²) in [5.41, 5.74) is 6.95. The number of amides is 1. The van der Waals surface area contributed by atoms with Gasteiger partial charge in [0.2, 0.25) is 5.91 Å². The summed E-state index contributed by atoms with van der Waals surface area (Å²) in [5, 5.41) is 0.715. The molecular weight excluding hydrogens is 338 g/mol. The van der Waals surface area contributed by atoms with Crippen molar-refractivity contribution in [2.45, 2.75) is 0 Å². The lowest BCUT2D eigenvalue weighted by atomic mass is 10.1. The van der Waals surface area contributed by atoms with Gasteiger partial charge < -0.3 is 15.4 Å². The minimum atomic E-state index is -0.392. The van der Waals surface area contributed by atoms with Crippen LogP contribution in [0, 0.1) is 0 Å². The van der Waals surface area contributed by atoms with Crippen LogP contribution < -0.4 is 15.4 Å². The van der Waals surface area contributed by atoms with E-state index in [4.69, 9.17) is 22.1 Å². The van der Waals surface area contributed by atoms with E-state index in [1.165, 1.54) is 0 Å². The molecule has 1 aliphatic heterocycles. The molecule has 0 unspecified atom stereocenters. The summed E-state index contributed by atoms with van der Waals surface area (Å²) in [5.74, 6) is 0.453. The SMILES string of the molecule is NC(=O)c1ccc(N2CCN(CCOc3ccc(Cl)cc3)CC2)cc1. The standard InChI is InChI=1S/C19H22ClN3O2/c20-16-3-7-18(8-4-16)25-14-13-22-9-11-23(12-10-22)17-5-1-15(2-6-17)19(21)24/h1-8H,9-14H2,(H2,21,24). The number of carbonyl (C=O) groups is 1. The molecule has 2 aromatic carbocycles. The van der Waals surface area contributed by atoms with E-state index in [0.29, 0.717) is 17.2 Å². The molecule has 0 atom stereocenters. The molecule has 6 heteroatoms. The number of ether oxygens (including phenoxy) is 1. The normalized spacial score (nSPS) is 15.2. The minimum Gasteiger partial charge on any atom is -0.492 e. The van der Waals surface area contributed by atoms with Crippen LogP contribution in [-0.2, 0) is 0 Å². The first kappa shape index (κ1) is 17.6. The van der Waals surface area contributed by atoms with Crippen molar-refractivity contribution in [2.75, 3.05) is 44.2 Å². The van der Waals surface area contributed by atoms with E-state index < -0.39 is 5.91 Å². The summed E-state index contributed by atoms with van der Waals surface area (Å²) in [6.07, 6.45) is 0. The number of nitrogens with zero attached hydrogens (tertiary/aromatic N) is 2. The molecule has 0 radical (unpaired) electrons. The number of primary amides is 1. The Balaban J connectivity index is 1.42. The zero-order valence-electron chi connectivity index (χ0n) is 14.0. The Bertz CT molecular complexity index is 696. The summed E-state index contributed by atoms with van der Waals surface area (Å²) >= 11 is 5.86. The van der Waals surface area contributed by atoms with Gasteiger partial charge in [0.25, 0.3) is 0 Å². The Hall–Kier alpha value is -2.24. The van der Waals surface area contributed by atoms with Crippen molar-refractivity contribution in [3.8, 4) is 5.75 Å². The highest BCUT2D eigenvalue weighted by Gasteiger charge is 2.17. The number of rotatable bonds is 6. The van der Waals surface area contributed by atoms with E-state index in [0.717, 1.165) is 44.2 Å². The monoisotopic (exact) mass is 359 g/mol. The zero-order valence-corrected chi connectivity index (χ0v) is 14.8. The van der Waals surface area contributed by atoms with Crippen molar-refractivity contribution in [1.29, 1.82) is 0 Å². The fourth-order valence-electron chi connectivity index (χ4n) is 2.89. The van der Waals surface area contributed by atoms with Gasteiger partial charge in [0.05, 0.1) is 0 Å². The minimum absolute atomic E-state index is 0.392. The predicted molar refractivity (Wildman–Crippen MR) is 101 cm³/mol. The number of benzene rings is 2. The molecule has 25 heavy (non-hydrogen) atoms. The smallest absolute Gasteiger partial charge is 0.248 e. The topological polar surface area (TPSA) is 58.8 Å². The van der Waals surface area contributed by atoms with Gasteiger partial charge in [0, 0.05) is 49.0 Å². The van der Waals surface area contributed by atoms with Crippen molar-refractivity contribution in [2.24, 2.45) is 5.73 Å². The first-order chi connectivity index (χ1) is 12.1. The predicted octanol–water partition coefficient (Wildman–Crippen LogP) is 2.64. The van der Waals surface area contributed by atoms with E-state index in [9.17, 15) is 4.79 Å². The highest BCUT2D eigenvalue weighted by Crippen LogP contribution is 2.18. The summed E-state index contributed by atoms with van der Waals surface area (Å²) < 4.78 is 5.75. The van der Waals surface area contributed by atoms with E-state index in [2.05, 4.69) is 9.80 Å². The van der Waals surface area contributed by atoms with Crippen molar-refractivity contribution < 1.29 is 9.53 Å². The fraction of sp³-hybridized carbons (Fsp3) is 0.316. The lowest BCUT2D eigenvalue weighted by molar-refractivity contribution is 0.100. The van der Waals surface area contributed by atoms with Crippen LogP contribution in [0.2, 0.25) is 5.02 Å². The van der Waals surface area contributed by atoms with E-state index in [1.807, 2.05) is 36.4 Å². The molecule has 0 spiro atoms. The number of carbonyl (C=O) groups excluding carboxylic acids is 1. The average molecular weight is 360 g/mol. The number of anilines is 1. The third-order valence-corrected chi connectivity index (χ3v) is 4.63. The van der Waals surface area contributed by atoms with Crippen molar-refractivity contribution >= 4 is 23.2 Å². The Labute approximate surface area is 152 Å². The van der Waals surface area contributed by atoms with Crippen LogP contribution in [0.5, 0.6) is 5.75 Å². The third-order valence-electron chi connectivity index (χ3n) is 4.38. The van der Waals surface area contributed by atoms with Crippen LogP contribution in [0.3, 0.4) is 0 Å². The van der Waals surface area contributed by atoms with Crippen molar-refractivity contribution in [3.63, 3.8) is 0 Å². The number of nitrogens with two attached hydrogens (primary N) is 1. The molecule has 1 amide bonds. The molecule has 2 aromatic rings. The van der Waals surface area contributed by atoms with E-state index in [1.54, 1.807) is 12.1 Å². The summed E-state index contributed by atoms with van der Waals surface area (Å²) in [7, 11) is 0. The molecule has 1 fully saturated rings. The van der Waals surface area contributed by atoms with Crippen LogP contribution in [0.15, 0.2) is 48.5 Å². The molecule has 1 aliphatic rings. The summed E-state index contributed by atoms with van der Waals surface area (Å²) in [6, 6.07) is 14.9. The first-order valence-corrected chi connectivity index (χ1v) is 8.75. The molecule has 0 saturated carbocycles. The van der Waals surface area contributed by atoms with Gasteiger partial charge in [-0.1, -0.05) is 11.6 Å². The molecular formula is C19H22ClN3O2. The van der Waals surface area contributed by atoms with E-state index in [-0.39, 0.29) is 0 Å². The first-order valence-electron chi connectivity index (χ1n) is 8.37. The largest absolute Gasteiger partial charge is 0.492 e. The lowest BCUT2D eigenvalue weighted by Crippen LogP contribution is -2.47. The summed E-state index contributed by atoms with van der Waals surface area (Å²) in [4.78, 5) is 15.8. The molecule has 1 heterocycles. The molecule has 3 rings (SSSR count). The third kappa shape index (κ3) is 4.87. The molecule has 1 saturated heterocycles. The van der Waals surface area contributed by atoms with Crippen LogP contribution in [0.25, 0.3) is 0 Å². The van der Waals surface area contributed by atoms with E-state index >= 15 is 0 Å². The molecule has 0 aliphatic carbocycles. The van der Waals surface area contributed by atoms with Crippen LogP contribution >= 0.6 is 11.6 Å². The fourth-order valence-corrected chi connectivity index (χ4v) is 3.02. The number of halogens is 1. The molecule has 2 N–H and O–H groups in total. The number of piperazine rings is 1. The van der Waals surface area contributed by atoms with Gasteiger partial charge in [-0.3, -0.25) is 9.69 Å². The van der Waals surface area contributed by atoms with Gasteiger partial charge in [0.15, 0.2) is 0 Å². The quantitative estimate of drug-likeness (QED) is 0.861. The van der Waals surface area contributed by atoms with Crippen LogP contribution in [0.1, 0.15) is 10.4 Å². The van der Waals surface area contributed by atoms with Gasteiger partial charge in [-0.15, -0.1) is 0 Å². The van der Waals surface area contributed by atoms with Gasteiger partial charge in [-0.05, 0) is 48.5 Å². The Morgan fingerprint density at radius 2 is 1.64 bits per heavy atom. The highest BCUT2D eigenvalue weighted by atomic mass is 35.5. The second-order valence-corrected chi connectivity index (χ2v) is 6.48. The van der Waals surface area contributed by atoms with Gasteiger partial charge in [-0.2, -0.15) is 0 Å². The maximum absolute atomic E-state index is 11.1. The maximum atomic E-state index is 11.1. The summed E-state index contributed by atoms with van der Waals surface area (Å²) in [6.45, 7) is 5.45. The highest BCUT2D eigenvalue weighted by molar-refractivity contribution is 6.30. The van der Waals surface area contributed by atoms with Crippen molar-refractivity contribution in [3.05, 3.63) is 59.1 Å².